The maximum atomic E-state index is 10.6. The Kier molecular flexibility index (Phi) is 2.13. The number of nitrogens with zero attached hydrogens (tertiary/aromatic N) is 1. The molecule has 0 atom stereocenters. The van der Waals surface area contributed by atoms with Crippen molar-refractivity contribution in [2.45, 2.75) is 0 Å². The van der Waals surface area contributed by atoms with Gasteiger partial charge in [0.05, 0.1) is 0 Å². The minimum Gasteiger partial charge on any atom is -0.618 e. The summed E-state index contributed by atoms with van der Waals surface area (Å²) in [4.78, 5) is 0. The summed E-state index contributed by atoms with van der Waals surface area (Å²) in [5, 5.41) is 10.8. The highest BCUT2D eigenvalue weighted by molar-refractivity contribution is 14.1. The molecule has 48 valence electrons. The van der Waals surface area contributed by atoms with Crippen molar-refractivity contribution in [1.29, 1.82) is 0 Å². The first-order valence-corrected chi connectivity index (χ1v) is 3.70. The molecule has 0 fully saturated rings. The van der Waals surface area contributed by atoms with E-state index in [4.69, 9.17) is 11.6 Å². The summed E-state index contributed by atoms with van der Waals surface area (Å²) in [6.45, 7) is 0. The van der Waals surface area contributed by atoms with Crippen LogP contribution in [0, 0.1) is 8.78 Å². The lowest BCUT2D eigenvalue weighted by atomic mass is 10.5. The van der Waals surface area contributed by atoms with E-state index in [9.17, 15) is 5.21 Å². The van der Waals surface area contributed by atoms with Crippen LogP contribution in [0.5, 0.6) is 0 Å². The summed E-state index contributed by atoms with van der Waals surface area (Å²) < 4.78 is 1.58. The molecule has 0 amide bonds. The SMILES string of the molecule is [O-][n+]1ccc(I)cc1Cl. The van der Waals surface area contributed by atoms with E-state index in [0.717, 1.165) is 3.57 Å². The smallest absolute Gasteiger partial charge is 0.287 e. The average Bonchev–Trinajstić information content (AvgIpc) is 1.80. The lowest BCUT2D eigenvalue weighted by molar-refractivity contribution is -0.603. The molecule has 0 radical (unpaired) electrons. The van der Waals surface area contributed by atoms with Crippen molar-refractivity contribution in [3.8, 4) is 0 Å². The van der Waals surface area contributed by atoms with Gasteiger partial charge in [0.15, 0.2) is 6.20 Å². The van der Waals surface area contributed by atoms with Gasteiger partial charge in [-0.3, -0.25) is 0 Å². The first kappa shape index (κ1) is 7.08. The minimum absolute atomic E-state index is 0.210. The Bertz CT molecular complexity index is 228. The van der Waals surface area contributed by atoms with E-state index in [0.29, 0.717) is 4.73 Å². The van der Waals surface area contributed by atoms with Gasteiger partial charge in [-0.05, 0) is 34.2 Å². The molecular formula is C5H3ClINO. The van der Waals surface area contributed by atoms with E-state index >= 15 is 0 Å². The fraction of sp³-hybridized carbons (Fsp3) is 0. The van der Waals surface area contributed by atoms with Crippen molar-refractivity contribution in [1.82, 2.24) is 0 Å². The summed E-state index contributed by atoms with van der Waals surface area (Å²) in [6, 6.07) is 3.30. The molecule has 9 heavy (non-hydrogen) atoms. The molecule has 4 heteroatoms. The van der Waals surface area contributed by atoms with Gasteiger partial charge in [-0.15, -0.1) is 0 Å². The highest BCUT2D eigenvalue weighted by Gasteiger charge is 1.98. The molecule has 2 nitrogen and oxygen atoms in total. The number of pyridine rings is 1. The van der Waals surface area contributed by atoms with Crippen molar-refractivity contribution >= 4 is 34.2 Å². The number of hydrogen-bond acceptors (Lipinski definition) is 1. The van der Waals surface area contributed by atoms with Crippen LogP contribution in [0.1, 0.15) is 0 Å². The second kappa shape index (κ2) is 2.70. The Labute approximate surface area is 71.2 Å². The summed E-state index contributed by atoms with van der Waals surface area (Å²) in [5.41, 5.74) is 0. The molecule has 0 aliphatic rings. The predicted octanol–water partition coefficient (Wildman–Crippen LogP) is 1.58. The zero-order chi connectivity index (χ0) is 6.85. The first-order valence-electron chi connectivity index (χ1n) is 2.24. The summed E-state index contributed by atoms with van der Waals surface area (Å²) in [6.07, 6.45) is 1.38. The monoisotopic (exact) mass is 255 g/mol. The third-order valence-electron chi connectivity index (χ3n) is 0.837. The maximum Gasteiger partial charge on any atom is 0.287 e. The van der Waals surface area contributed by atoms with Gasteiger partial charge in [0.2, 0.25) is 0 Å². The van der Waals surface area contributed by atoms with E-state index in [1.165, 1.54) is 6.20 Å². The maximum absolute atomic E-state index is 10.6. The van der Waals surface area contributed by atoms with Crippen molar-refractivity contribution in [3.05, 3.63) is 32.3 Å². The molecule has 0 N–H and O–H groups in total. The first-order chi connectivity index (χ1) is 4.20. The van der Waals surface area contributed by atoms with Gasteiger partial charge < -0.3 is 5.21 Å². The number of hydrogen-bond donors (Lipinski definition) is 0. The van der Waals surface area contributed by atoms with Gasteiger partial charge in [0.25, 0.3) is 5.15 Å². The topological polar surface area (TPSA) is 26.9 Å². The van der Waals surface area contributed by atoms with E-state index < -0.39 is 0 Å². The predicted molar refractivity (Wildman–Crippen MR) is 43.1 cm³/mol. The molecule has 0 spiro atoms. The standard InChI is InChI=1S/C5H3ClINO/c6-5-3-4(7)1-2-8(5)9/h1-3H. The van der Waals surface area contributed by atoms with Crippen LogP contribution in [0.2, 0.25) is 5.15 Å². The van der Waals surface area contributed by atoms with Gasteiger partial charge in [-0.25, -0.2) is 0 Å². The van der Waals surface area contributed by atoms with E-state index in [1.54, 1.807) is 12.1 Å². The fourth-order valence-corrected chi connectivity index (χ4v) is 1.25. The average molecular weight is 255 g/mol. The second-order valence-electron chi connectivity index (χ2n) is 1.49. The Morgan fingerprint density at radius 2 is 2.33 bits per heavy atom. The van der Waals surface area contributed by atoms with Gasteiger partial charge in [0, 0.05) is 15.7 Å². The molecule has 0 unspecified atom stereocenters. The number of rotatable bonds is 0. The van der Waals surface area contributed by atoms with Crippen LogP contribution < -0.4 is 4.73 Å². The Morgan fingerprint density at radius 3 is 2.78 bits per heavy atom. The molecule has 1 rings (SSSR count). The quantitative estimate of drug-likeness (QED) is 0.299. The van der Waals surface area contributed by atoms with Crippen molar-refractivity contribution in [2.24, 2.45) is 0 Å². The molecule has 0 bridgehead atoms. The van der Waals surface area contributed by atoms with Gasteiger partial charge in [-0.1, -0.05) is 0 Å². The van der Waals surface area contributed by atoms with Crippen molar-refractivity contribution < 1.29 is 4.73 Å². The fourth-order valence-electron chi connectivity index (χ4n) is 0.436. The molecule has 0 saturated heterocycles. The van der Waals surface area contributed by atoms with Crippen LogP contribution in [-0.4, -0.2) is 0 Å². The lowest BCUT2D eigenvalue weighted by Crippen LogP contribution is -2.26. The zero-order valence-electron chi connectivity index (χ0n) is 4.34. The Hall–Kier alpha value is -0.0300. The Morgan fingerprint density at radius 1 is 1.67 bits per heavy atom. The molecule has 1 aromatic heterocycles. The third kappa shape index (κ3) is 1.69. The van der Waals surface area contributed by atoms with Gasteiger partial charge in [0.1, 0.15) is 0 Å². The van der Waals surface area contributed by atoms with E-state index in [2.05, 4.69) is 22.6 Å². The molecular weight excluding hydrogens is 252 g/mol. The largest absolute Gasteiger partial charge is 0.618 e. The van der Waals surface area contributed by atoms with Gasteiger partial charge >= 0.3 is 0 Å². The van der Waals surface area contributed by atoms with E-state index in [1.807, 2.05) is 0 Å². The highest BCUT2D eigenvalue weighted by Crippen LogP contribution is 2.06. The zero-order valence-corrected chi connectivity index (χ0v) is 7.26. The van der Waals surface area contributed by atoms with Crippen LogP contribution in [-0.2, 0) is 0 Å². The molecule has 0 aromatic carbocycles. The lowest BCUT2D eigenvalue weighted by Gasteiger charge is -1.95. The van der Waals surface area contributed by atoms with Crippen LogP contribution in [0.25, 0.3) is 0 Å². The van der Waals surface area contributed by atoms with Crippen LogP contribution in [0.15, 0.2) is 18.3 Å². The Balaban J connectivity index is 3.17. The van der Waals surface area contributed by atoms with Crippen LogP contribution in [0.4, 0.5) is 0 Å². The van der Waals surface area contributed by atoms with Crippen LogP contribution in [0.3, 0.4) is 0 Å². The summed E-state index contributed by atoms with van der Waals surface area (Å²) in [5.74, 6) is 0. The van der Waals surface area contributed by atoms with Crippen molar-refractivity contribution in [3.63, 3.8) is 0 Å². The molecule has 0 saturated carbocycles. The van der Waals surface area contributed by atoms with E-state index in [-0.39, 0.29) is 5.15 Å². The number of halogens is 2. The molecule has 1 heterocycles. The second-order valence-corrected chi connectivity index (χ2v) is 3.13. The van der Waals surface area contributed by atoms with Crippen molar-refractivity contribution in [2.75, 3.05) is 0 Å². The summed E-state index contributed by atoms with van der Waals surface area (Å²) >= 11 is 7.55. The summed E-state index contributed by atoms with van der Waals surface area (Å²) in [7, 11) is 0. The normalized spacial score (nSPS) is 9.56. The third-order valence-corrected chi connectivity index (χ3v) is 1.78. The van der Waals surface area contributed by atoms with Gasteiger partial charge in [-0.2, -0.15) is 4.73 Å². The number of aromatic nitrogens is 1. The molecule has 0 aliphatic heterocycles. The minimum atomic E-state index is 0.210. The molecule has 0 aliphatic carbocycles. The van der Waals surface area contributed by atoms with Crippen LogP contribution >= 0.6 is 34.2 Å². The molecule has 1 aromatic rings. The highest BCUT2D eigenvalue weighted by atomic mass is 127.